The SMILES string of the molecule is COc1ccc(CN(C)c2cc(C3CC(N)C3)nc(C)n2)cc1OC.Cl.Cl. The normalized spacial score (nSPS) is 17.8. The molecule has 0 unspecified atom stereocenters. The molecule has 3 rings (SSSR count). The van der Waals surface area contributed by atoms with E-state index in [-0.39, 0.29) is 24.8 Å². The number of benzene rings is 1. The largest absolute Gasteiger partial charge is 0.493 e. The fourth-order valence-corrected chi connectivity index (χ4v) is 3.22. The van der Waals surface area contributed by atoms with Gasteiger partial charge in [-0.05, 0) is 37.5 Å². The van der Waals surface area contributed by atoms with Gasteiger partial charge in [-0.25, -0.2) is 9.97 Å². The Balaban J connectivity index is 0.00000182. The number of ether oxygens (including phenoxy) is 2. The minimum absolute atomic E-state index is 0. The summed E-state index contributed by atoms with van der Waals surface area (Å²) in [6.07, 6.45) is 2.02. The number of methoxy groups -OCH3 is 2. The van der Waals surface area contributed by atoms with Crippen LogP contribution in [0.3, 0.4) is 0 Å². The lowest BCUT2D eigenvalue weighted by atomic mass is 9.78. The Morgan fingerprint density at radius 2 is 1.74 bits per heavy atom. The van der Waals surface area contributed by atoms with Crippen molar-refractivity contribution in [2.75, 3.05) is 26.2 Å². The van der Waals surface area contributed by atoms with E-state index in [0.29, 0.717) is 12.0 Å². The molecule has 1 saturated carbocycles. The molecule has 1 aliphatic carbocycles. The highest BCUT2D eigenvalue weighted by molar-refractivity contribution is 5.85. The van der Waals surface area contributed by atoms with Gasteiger partial charge in [-0.15, -0.1) is 24.8 Å². The molecule has 1 aromatic heterocycles. The predicted octanol–water partition coefficient (Wildman–Crippen LogP) is 3.49. The van der Waals surface area contributed by atoms with Crippen LogP contribution < -0.4 is 20.1 Å². The van der Waals surface area contributed by atoms with Gasteiger partial charge in [0.05, 0.1) is 14.2 Å². The first-order valence-corrected chi connectivity index (χ1v) is 8.53. The molecule has 1 aromatic carbocycles. The molecule has 1 aliphatic rings. The van der Waals surface area contributed by atoms with Gasteiger partial charge >= 0.3 is 0 Å². The second kappa shape index (κ2) is 9.97. The zero-order chi connectivity index (χ0) is 18.0. The molecule has 8 heteroatoms. The van der Waals surface area contributed by atoms with Gasteiger partial charge in [0.1, 0.15) is 11.6 Å². The van der Waals surface area contributed by atoms with Crippen LogP contribution in [0, 0.1) is 6.92 Å². The minimum Gasteiger partial charge on any atom is -0.493 e. The predicted molar refractivity (Wildman–Crippen MR) is 113 cm³/mol. The highest BCUT2D eigenvalue weighted by Gasteiger charge is 2.29. The summed E-state index contributed by atoms with van der Waals surface area (Å²) in [6.45, 7) is 2.66. The number of hydrogen-bond acceptors (Lipinski definition) is 6. The number of anilines is 1. The monoisotopic (exact) mass is 414 g/mol. The molecule has 0 saturated heterocycles. The van der Waals surface area contributed by atoms with Crippen molar-refractivity contribution in [3.05, 3.63) is 41.3 Å². The summed E-state index contributed by atoms with van der Waals surface area (Å²) in [5, 5.41) is 0. The smallest absolute Gasteiger partial charge is 0.161 e. The summed E-state index contributed by atoms with van der Waals surface area (Å²) < 4.78 is 10.7. The van der Waals surface area contributed by atoms with Crippen LogP contribution in [-0.2, 0) is 6.54 Å². The number of aryl methyl sites for hydroxylation is 1. The third-order valence-corrected chi connectivity index (χ3v) is 4.70. The fourth-order valence-electron chi connectivity index (χ4n) is 3.22. The molecular formula is C19H28Cl2N4O2. The van der Waals surface area contributed by atoms with Crippen molar-refractivity contribution in [2.45, 2.75) is 38.3 Å². The van der Waals surface area contributed by atoms with Crippen LogP contribution in [-0.4, -0.2) is 37.3 Å². The molecule has 1 fully saturated rings. The number of hydrogen-bond donors (Lipinski definition) is 1. The van der Waals surface area contributed by atoms with Crippen LogP contribution in [0.1, 0.15) is 35.8 Å². The first-order valence-electron chi connectivity index (χ1n) is 8.53. The van der Waals surface area contributed by atoms with E-state index >= 15 is 0 Å². The average Bonchev–Trinajstić information content (AvgIpc) is 2.58. The molecule has 0 aliphatic heterocycles. The van der Waals surface area contributed by atoms with E-state index < -0.39 is 0 Å². The summed E-state index contributed by atoms with van der Waals surface area (Å²) in [5.41, 5.74) is 8.15. The van der Waals surface area contributed by atoms with E-state index in [1.807, 2.05) is 32.2 Å². The molecule has 0 spiro atoms. The van der Waals surface area contributed by atoms with Crippen molar-refractivity contribution >= 4 is 30.6 Å². The van der Waals surface area contributed by atoms with Crippen molar-refractivity contribution in [2.24, 2.45) is 5.73 Å². The molecule has 0 atom stereocenters. The molecule has 0 radical (unpaired) electrons. The standard InChI is InChI=1S/C19H26N4O2.2ClH/c1-12-21-16(14-8-15(20)9-14)10-19(22-12)23(2)11-13-5-6-17(24-3)18(7-13)25-4;;/h5-7,10,14-15H,8-9,11,20H2,1-4H3;2*1H. The molecule has 1 heterocycles. The number of nitrogens with zero attached hydrogens (tertiary/aromatic N) is 3. The number of halogens is 2. The van der Waals surface area contributed by atoms with E-state index in [4.69, 9.17) is 15.2 Å². The molecule has 0 bridgehead atoms. The van der Waals surface area contributed by atoms with E-state index in [1.165, 1.54) is 0 Å². The van der Waals surface area contributed by atoms with Gasteiger partial charge < -0.3 is 20.1 Å². The first kappa shape index (κ1) is 23.3. The van der Waals surface area contributed by atoms with Gasteiger partial charge in [-0.2, -0.15) is 0 Å². The number of nitrogens with two attached hydrogens (primary N) is 1. The zero-order valence-corrected chi connectivity index (χ0v) is 17.8. The Hall–Kier alpha value is -1.76. The van der Waals surface area contributed by atoms with Crippen LogP contribution in [0.25, 0.3) is 0 Å². The maximum atomic E-state index is 5.92. The highest BCUT2D eigenvalue weighted by Crippen LogP contribution is 2.35. The third kappa shape index (κ3) is 5.37. The Bertz CT molecular complexity index is 754. The molecule has 6 nitrogen and oxygen atoms in total. The first-order chi connectivity index (χ1) is 12.0. The maximum Gasteiger partial charge on any atom is 0.161 e. The second-order valence-electron chi connectivity index (χ2n) is 6.67. The van der Waals surface area contributed by atoms with Crippen LogP contribution in [0.15, 0.2) is 24.3 Å². The van der Waals surface area contributed by atoms with Crippen LogP contribution in [0.2, 0.25) is 0 Å². The van der Waals surface area contributed by atoms with Crippen LogP contribution in [0.4, 0.5) is 5.82 Å². The summed E-state index contributed by atoms with van der Waals surface area (Å²) in [7, 11) is 5.32. The van der Waals surface area contributed by atoms with E-state index in [9.17, 15) is 0 Å². The van der Waals surface area contributed by atoms with Gasteiger partial charge in [0.2, 0.25) is 0 Å². The highest BCUT2D eigenvalue weighted by atomic mass is 35.5. The molecule has 2 N–H and O–H groups in total. The Morgan fingerprint density at radius 3 is 2.33 bits per heavy atom. The van der Waals surface area contributed by atoms with Gasteiger partial charge in [0.15, 0.2) is 11.5 Å². The Kier molecular flexibility index (Phi) is 8.59. The van der Waals surface area contributed by atoms with Gasteiger partial charge in [0.25, 0.3) is 0 Å². The van der Waals surface area contributed by atoms with Crippen LogP contribution in [0.5, 0.6) is 11.5 Å². The lowest BCUT2D eigenvalue weighted by molar-refractivity contribution is 0.344. The third-order valence-electron chi connectivity index (χ3n) is 4.70. The van der Waals surface area contributed by atoms with Crippen molar-refractivity contribution < 1.29 is 9.47 Å². The lowest BCUT2D eigenvalue weighted by Gasteiger charge is -2.32. The summed E-state index contributed by atoms with van der Waals surface area (Å²) in [5.74, 6) is 3.65. The van der Waals surface area contributed by atoms with Crippen molar-refractivity contribution in [3.8, 4) is 11.5 Å². The zero-order valence-electron chi connectivity index (χ0n) is 16.1. The maximum absolute atomic E-state index is 5.92. The van der Waals surface area contributed by atoms with Crippen molar-refractivity contribution in [3.63, 3.8) is 0 Å². The molecule has 150 valence electrons. The van der Waals surface area contributed by atoms with E-state index in [2.05, 4.69) is 20.9 Å². The van der Waals surface area contributed by atoms with E-state index in [0.717, 1.165) is 53.8 Å². The van der Waals surface area contributed by atoms with Crippen LogP contribution >= 0.6 is 24.8 Å². The molecule has 27 heavy (non-hydrogen) atoms. The Morgan fingerprint density at radius 1 is 1.07 bits per heavy atom. The summed E-state index contributed by atoms with van der Waals surface area (Å²) in [6, 6.07) is 8.36. The number of rotatable bonds is 6. The Labute approximate surface area is 173 Å². The van der Waals surface area contributed by atoms with Crippen molar-refractivity contribution in [1.82, 2.24) is 9.97 Å². The van der Waals surface area contributed by atoms with Crippen molar-refractivity contribution in [1.29, 1.82) is 0 Å². The average molecular weight is 415 g/mol. The fraction of sp³-hybridized carbons (Fsp3) is 0.474. The van der Waals surface area contributed by atoms with E-state index in [1.54, 1.807) is 14.2 Å². The lowest BCUT2D eigenvalue weighted by Crippen LogP contribution is -2.35. The van der Waals surface area contributed by atoms with Gasteiger partial charge in [-0.1, -0.05) is 6.07 Å². The molecule has 0 amide bonds. The number of aromatic nitrogens is 2. The summed E-state index contributed by atoms with van der Waals surface area (Å²) >= 11 is 0. The molecular weight excluding hydrogens is 387 g/mol. The topological polar surface area (TPSA) is 73.5 Å². The second-order valence-corrected chi connectivity index (χ2v) is 6.67. The minimum atomic E-state index is 0. The quantitative estimate of drug-likeness (QED) is 0.779. The molecule has 2 aromatic rings. The summed E-state index contributed by atoms with van der Waals surface area (Å²) in [4.78, 5) is 11.3. The van der Waals surface area contributed by atoms with Gasteiger partial charge in [0, 0.05) is 37.3 Å². The van der Waals surface area contributed by atoms with Gasteiger partial charge in [-0.3, -0.25) is 0 Å².